The zero-order valence-electron chi connectivity index (χ0n) is 20.7. The molecule has 5 rings (SSSR count). The molecule has 0 radical (unpaired) electrons. The molecule has 3 aromatic carbocycles. The molecule has 0 spiro atoms. The van der Waals surface area contributed by atoms with E-state index >= 15 is 0 Å². The van der Waals surface area contributed by atoms with Crippen molar-refractivity contribution in [2.75, 3.05) is 0 Å². The fraction of sp³-hybridized carbons (Fsp3) is 0.138. The lowest BCUT2D eigenvalue weighted by Gasteiger charge is -2.12. The van der Waals surface area contributed by atoms with Crippen LogP contribution in [0.1, 0.15) is 33.5 Å². The van der Waals surface area contributed by atoms with Gasteiger partial charge in [-0.1, -0.05) is 48.5 Å². The lowest BCUT2D eigenvalue weighted by Crippen LogP contribution is -2.30. The summed E-state index contributed by atoms with van der Waals surface area (Å²) < 4.78 is 28.9. The second-order valence-electron chi connectivity index (χ2n) is 9.15. The van der Waals surface area contributed by atoms with E-state index in [9.17, 15) is 23.2 Å². The average Bonchev–Trinajstić information content (AvgIpc) is 3.33. The molecule has 1 saturated heterocycles. The third-order valence-corrected chi connectivity index (χ3v) is 6.58. The Morgan fingerprint density at radius 1 is 0.868 bits per heavy atom. The van der Waals surface area contributed by atoms with Crippen LogP contribution in [0.15, 0.2) is 77.2 Å². The van der Waals surface area contributed by atoms with E-state index in [1.807, 2.05) is 62.4 Å². The number of aromatic amines is 1. The predicted octanol–water partition coefficient (Wildman–Crippen LogP) is 4.74. The molecule has 1 aliphatic heterocycles. The summed E-state index contributed by atoms with van der Waals surface area (Å²) in [4.78, 5) is 40.2. The summed E-state index contributed by atoms with van der Waals surface area (Å²) in [6.45, 7) is 3.47. The fourth-order valence-corrected chi connectivity index (χ4v) is 4.44. The third-order valence-electron chi connectivity index (χ3n) is 6.58. The van der Waals surface area contributed by atoms with Crippen molar-refractivity contribution in [2.45, 2.75) is 26.8 Å². The van der Waals surface area contributed by atoms with Crippen molar-refractivity contribution in [1.82, 2.24) is 20.0 Å². The first-order valence-corrected chi connectivity index (χ1v) is 12.0. The van der Waals surface area contributed by atoms with E-state index in [2.05, 4.69) is 10.4 Å². The van der Waals surface area contributed by atoms with Crippen LogP contribution in [0.3, 0.4) is 0 Å². The Morgan fingerprint density at radius 2 is 1.58 bits per heavy atom. The lowest BCUT2D eigenvalue weighted by molar-refractivity contribution is -0.123. The number of carbonyl (C=O) groups excluding carboxylic acids is 2. The minimum absolute atomic E-state index is 0.0139. The van der Waals surface area contributed by atoms with Gasteiger partial charge in [-0.25, -0.2) is 18.3 Å². The van der Waals surface area contributed by atoms with Crippen LogP contribution >= 0.6 is 0 Å². The van der Waals surface area contributed by atoms with E-state index in [1.54, 1.807) is 0 Å². The maximum absolute atomic E-state index is 14.2. The summed E-state index contributed by atoms with van der Waals surface area (Å²) in [5.41, 5.74) is 3.81. The van der Waals surface area contributed by atoms with Gasteiger partial charge in [-0.05, 0) is 48.7 Å². The van der Waals surface area contributed by atoms with Crippen LogP contribution in [0.25, 0.3) is 11.8 Å². The standard InChI is InChI=1S/C29H24F2N4O3/c1-17-7-3-5-9-19(17)13-24-22(27(36)35(33-24)26-10-6-4-8-18(26)2)15-25-28(37)34(29(38)32-25)16-20-11-12-21(30)14-23(20)31/h3-12,14-15,33H,13,16H2,1-2H3,(H,32,38)/b25-15-. The number of para-hydroxylation sites is 1. The fourth-order valence-electron chi connectivity index (χ4n) is 4.44. The zero-order chi connectivity index (χ0) is 27.0. The Bertz CT molecular complexity index is 1670. The van der Waals surface area contributed by atoms with Gasteiger partial charge in [0.05, 0.1) is 17.8 Å². The van der Waals surface area contributed by atoms with Crippen LogP contribution in [0, 0.1) is 25.5 Å². The molecule has 0 atom stereocenters. The SMILES string of the molecule is Cc1ccccc1Cc1[nH]n(-c2ccccc2C)c(=O)c1/C=C1\NC(=O)N(Cc2ccc(F)cc2F)C1=O. The number of halogens is 2. The molecule has 0 saturated carbocycles. The third kappa shape index (κ3) is 4.66. The molecule has 0 aliphatic carbocycles. The van der Waals surface area contributed by atoms with Gasteiger partial charge in [0, 0.05) is 23.7 Å². The van der Waals surface area contributed by atoms with Crippen LogP contribution in [0.2, 0.25) is 0 Å². The summed E-state index contributed by atoms with van der Waals surface area (Å²) in [7, 11) is 0. The van der Waals surface area contributed by atoms with Crippen LogP contribution in [-0.4, -0.2) is 26.6 Å². The van der Waals surface area contributed by atoms with E-state index in [0.29, 0.717) is 23.9 Å². The summed E-state index contributed by atoms with van der Waals surface area (Å²) in [5, 5.41) is 5.67. The Balaban J connectivity index is 1.55. The quantitative estimate of drug-likeness (QED) is 0.288. The van der Waals surface area contributed by atoms with Crippen LogP contribution in [-0.2, 0) is 17.8 Å². The normalized spacial score (nSPS) is 14.4. The van der Waals surface area contributed by atoms with Gasteiger partial charge in [0.1, 0.15) is 17.3 Å². The molecule has 2 N–H and O–H groups in total. The molecular formula is C29H24F2N4O3. The van der Waals surface area contributed by atoms with Crippen LogP contribution in [0.5, 0.6) is 0 Å². The van der Waals surface area contributed by atoms with E-state index in [-0.39, 0.29) is 28.9 Å². The van der Waals surface area contributed by atoms with Crippen LogP contribution < -0.4 is 10.9 Å². The van der Waals surface area contributed by atoms with Gasteiger partial charge in [0.2, 0.25) is 0 Å². The maximum Gasteiger partial charge on any atom is 0.329 e. The van der Waals surface area contributed by atoms with Crippen LogP contribution in [0.4, 0.5) is 13.6 Å². The molecule has 38 heavy (non-hydrogen) atoms. The number of H-pyrrole nitrogens is 1. The van der Waals surface area contributed by atoms with Gasteiger partial charge in [-0.2, -0.15) is 0 Å². The van der Waals surface area contributed by atoms with Crippen molar-refractivity contribution < 1.29 is 18.4 Å². The number of urea groups is 1. The smallest absolute Gasteiger partial charge is 0.303 e. The lowest BCUT2D eigenvalue weighted by atomic mass is 10.0. The molecular weight excluding hydrogens is 490 g/mol. The molecule has 7 nitrogen and oxygen atoms in total. The first kappa shape index (κ1) is 24.9. The number of imide groups is 1. The van der Waals surface area contributed by atoms with Gasteiger partial charge >= 0.3 is 6.03 Å². The summed E-state index contributed by atoms with van der Waals surface area (Å²) >= 11 is 0. The van der Waals surface area contributed by atoms with Gasteiger partial charge < -0.3 is 5.32 Å². The Hall–Kier alpha value is -4.79. The number of aryl methyl sites for hydroxylation is 2. The molecule has 2 heterocycles. The molecule has 1 aromatic heterocycles. The van der Waals surface area contributed by atoms with E-state index in [0.717, 1.165) is 27.7 Å². The first-order valence-electron chi connectivity index (χ1n) is 12.0. The minimum Gasteiger partial charge on any atom is -0.303 e. The summed E-state index contributed by atoms with van der Waals surface area (Å²) in [5.74, 6) is -2.35. The number of rotatable bonds is 6. The highest BCUT2D eigenvalue weighted by Crippen LogP contribution is 2.22. The van der Waals surface area contributed by atoms with Gasteiger partial charge in [-0.3, -0.25) is 19.6 Å². The second kappa shape index (κ2) is 9.93. The highest BCUT2D eigenvalue weighted by Gasteiger charge is 2.34. The highest BCUT2D eigenvalue weighted by atomic mass is 19.1. The number of nitrogens with zero attached hydrogens (tertiary/aromatic N) is 2. The van der Waals surface area contributed by atoms with Gasteiger partial charge in [0.25, 0.3) is 11.5 Å². The van der Waals surface area contributed by atoms with Crippen molar-refractivity contribution in [3.05, 3.63) is 128 Å². The highest BCUT2D eigenvalue weighted by molar-refractivity contribution is 6.13. The average molecular weight is 515 g/mol. The van der Waals surface area contributed by atoms with Gasteiger partial charge in [-0.15, -0.1) is 0 Å². The van der Waals surface area contributed by atoms with E-state index in [1.165, 1.54) is 16.8 Å². The Morgan fingerprint density at radius 3 is 2.29 bits per heavy atom. The number of nitrogens with one attached hydrogen (secondary N) is 2. The number of amides is 3. The van der Waals surface area contributed by atoms with Crippen molar-refractivity contribution in [2.24, 2.45) is 0 Å². The zero-order valence-corrected chi connectivity index (χ0v) is 20.7. The summed E-state index contributed by atoms with van der Waals surface area (Å²) in [6, 6.07) is 17.3. The molecule has 1 fully saturated rings. The number of aromatic nitrogens is 2. The number of hydrogen-bond donors (Lipinski definition) is 2. The number of carbonyl (C=O) groups is 2. The van der Waals surface area contributed by atoms with Crippen molar-refractivity contribution in [3.63, 3.8) is 0 Å². The molecule has 4 aromatic rings. The van der Waals surface area contributed by atoms with Crippen molar-refractivity contribution in [3.8, 4) is 5.69 Å². The number of hydrogen-bond acceptors (Lipinski definition) is 3. The van der Waals surface area contributed by atoms with E-state index in [4.69, 9.17) is 0 Å². The topological polar surface area (TPSA) is 87.2 Å². The molecule has 3 amide bonds. The second-order valence-corrected chi connectivity index (χ2v) is 9.15. The minimum atomic E-state index is -0.865. The molecule has 0 unspecified atom stereocenters. The predicted molar refractivity (Wildman–Crippen MR) is 139 cm³/mol. The van der Waals surface area contributed by atoms with Crippen molar-refractivity contribution >= 4 is 18.0 Å². The molecule has 9 heteroatoms. The number of benzene rings is 3. The largest absolute Gasteiger partial charge is 0.329 e. The maximum atomic E-state index is 14.2. The Kier molecular flexibility index (Phi) is 6.50. The monoisotopic (exact) mass is 514 g/mol. The molecule has 192 valence electrons. The molecule has 0 bridgehead atoms. The first-order chi connectivity index (χ1) is 18.2. The summed E-state index contributed by atoms with van der Waals surface area (Å²) in [6.07, 6.45) is 1.73. The molecule has 1 aliphatic rings. The van der Waals surface area contributed by atoms with Crippen molar-refractivity contribution in [1.29, 1.82) is 0 Å². The van der Waals surface area contributed by atoms with Gasteiger partial charge in [0.15, 0.2) is 0 Å². The Labute approximate surface area is 217 Å². The van der Waals surface area contributed by atoms with E-state index < -0.39 is 23.6 Å².